The van der Waals surface area contributed by atoms with E-state index in [9.17, 15) is 0 Å². The molecule has 1 heterocycles. The lowest BCUT2D eigenvalue weighted by Gasteiger charge is -2.07. The predicted molar refractivity (Wildman–Crippen MR) is 59.9 cm³/mol. The topological polar surface area (TPSA) is 20.5 Å². The van der Waals surface area contributed by atoms with Crippen LogP contribution in [0.2, 0.25) is 0 Å². The molecule has 3 nitrogen and oxygen atoms in total. The molecule has 0 amide bonds. The fourth-order valence-electron chi connectivity index (χ4n) is 0.730. The molecule has 0 spiro atoms. The first-order valence-electron chi connectivity index (χ1n) is 3.89. The highest BCUT2D eigenvalue weighted by atomic mass is 32.1. The molecule has 13 heavy (non-hydrogen) atoms. The number of thiocarbonyl (C=S) groups is 1. The van der Waals surface area contributed by atoms with E-state index in [1.54, 1.807) is 11.3 Å². The molecule has 5 heteroatoms. The summed E-state index contributed by atoms with van der Waals surface area (Å²) in [5.41, 5.74) is 1.20. The lowest BCUT2D eigenvalue weighted by Crippen LogP contribution is -2.22. The Morgan fingerprint density at radius 3 is 2.62 bits per heavy atom. The van der Waals surface area contributed by atoms with Crippen LogP contribution in [0.3, 0.4) is 0 Å². The molecule has 1 rings (SSSR count). The number of hydrogen-bond donors (Lipinski definition) is 0. The Morgan fingerprint density at radius 2 is 2.23 bits per heavy atom. The maximum absolute atomic E-state index is 5.08. The second kappa shape index (κ2) is 4.02. The Morgan fingerprint density at radius 1 is 1.62 bits per heavy atom. The average Bonchev–Trinajstić information content (AvgIpc) is 2.36. The second-order valence-corrected chi connectivity index (χ2v) is 4.21. The summed E-state index contributed by atoms with van der Waals surface area (Å²) in [5.74, 6) is 0. The molecule has 72 valence electrons. The number of thiazole rings is 1. The minimum Gasteiger partial charge on any atom is -0.353 e. The van der Waals surface area contributed by atoms with Gasteiger partial charge >= 0.3 is 0 Å². The molecule has 0 saturated carbocycles. The van der Waals surface area contributed by atoms with Crippen LogP contribution in [0, 0.1) is 6.92 Å². The Labute approximate surface area is 87.3 Å². The molecule has 0 N–H and O–H groups in total. The van der Waals surface area contributed by atoms with Gasteiger partial charge in [-0.3, -0.25) is 0 Å². The number of aryl methyl sites for hydroxylation is 1. The summed E-state index contributed by atoms with van der Waals surface area (Å²) >= 11 is 6.69. The Balaban J connectivity index is 3.08. The van der Waals surface area contributed by atoms with Gasteiger partial charge in [-0.25, -0.2) is 0 Å². The van der Waals surface area contributed by atoms with Crippen LogP contribution in [0.5, 0.6) is 0 Å². The highest BCUT2D eigenvalue weighted by Gasteiger charge is 1.98. The van der Waals surface area contributed by atoms with Crippen molar-refractivity contribution in [1.82, 2.24) is 9.47 Å². The van der Waals surface area contributed by atoms with Crippen LogP contribution in [0.25, 0.3) is 0 Å². The van der Waals surface area contributed by atoms with E-state index < -0.39 is 0 Å². The van der Waals surface area contributed by atoms with E-state index in [1.165, 1.54) is 5.69 Å². The average molecular weight is 215 g/mol. The van der Waals surface area contributed by atoms with E-state index >= 15 is 0 Å². The molecule has 0 saturated heterocycles. The monoisotopic (exact) mass is 215 g/mol. The van der Waals surface area contributed by atoms with E-state index in [2.05, 4.69) is 10.4 Å². The van der Waals surface area contributed by atoms with E-state index in [4.69, 9.17) is 12.2 Å². The molecule has 0 aliphatic rings. The van der Waals surface area contributed by atoms with Crippen molar-refractivity contribution >= 4 is 28.7 Å². The summed E-state index contributed by atoms with van der Waals surface area (Å²) < 4.78 is 2.03. The van der Waals surface area contributed by atoms with Crippen molar-refractivity contribution in [2.75, 3.05) is 14.1 Å². The van der Waals surface area contributed by atoms with Gasteiger partial charge in [0, 0.05) is 32.2 Å². The highest BCUT2D eigenvalue weighted by Crippen LogP contribution is 1.97. The quantitative estimate of drug-likeness (QED) is 0.605. The van der Waals surface area contributed by atoms with Gasteiger partial charge in [-0.1, -0.05) is 0 Å². The smallest absolute Gasteiger partial charge is 0.197 e. The third-order valence-electron chi connectivity index (χ3n) is 1.72. The van der Waals surface area contributed by atoms with Crippen molar-refractivity contribution in [3.8, 4) is 0 Å². The summed E-state index contributed by atoms with van der Waals surface area (Å²) in [4.78, 5) is 7.08. The number of nitrogens with zero attached hydrogens (tertiary/aromatic N) is 3. The lowest BCUT2D eigenvalue weighted by molar-refractivity contribution is 0.625. The van der Waals surface area contributed by atoms with Gasteiger partial charge < -0.3 is 9.47 Å². The van der Waals surface area contributed by atoms with Crippen molar-refractivity contribution in [3.63, 3.8) is 0 Å². The molecule has 0 fully saturated rings. The van der Waals surface area contributed by atoms with Crippen molar-refractivity contribution in [2.45, 2.75) is 6.92 Å². The van der Waals surface area contributed by atoms with Gasteiger partial charge in [0.1, 0.15) is 0 Å². The number of rotatable bonds is 0. The third kappa shape index (κ3) is 2.38. The minimum atomic E-state index is 0.609. The zero-order valence-electron chi connectivity index (χ0n) is 8.24. The first-order valence-corrected chi connectivity index (χ1v) is 5.18. The number of hydrogen-bond acceptors (Lipinski definition) is 2. The Kier molecular flexibility index (Phi) is 3.22. The van der Waals surface area contributed by atoms with Crippen LogP contribution in [-0.4, -0.2) is 28.7 Å². The molecule has 0 bridgehead atoms. The molecule has 1 aromatic heterocycles. The van der Waals surface area contributed by atoms with Crippen LogP contribution in [0.1, 0.15) is 5.69 Å². The molecule has 0 unspecified atom stereocenters. The Bertz CT molecular complexity index is 373. The fourth-order valence-corrected chi connectivity index (χ4v) is 1.75. The molecule has 0 radical (unpaired) electrons. The first-order chi connectivity index (χ1) is 6.02. The van der Waals surface area contributed by atoms with Crippen LogP contribution in [0.15, 0.2) is 10.4 Å². The molecule has 1 aromatic rings. The van der Waals surface area contributed by atoms with Crippen molar-refractivity contribution < 1.29 is 0 Å². The summed E-state index contributed by atoms with van der Waals surface area (Å²) in [6.45, 7) is 2.05. The zero-order chi connectivity index (χ0) is 10.0. The van der Waals surface area contributed by atoms with Gasteiger partial charge in [0.05, 0.1) is 0 Å². The molecule has 0 aromatic carbocycles. The van der Waals surface area contributed by atoms with Gasteiger partial charge in [0.15, 0.2) is 9.91 Å². The highest BCUT2D eigenvalue weighted by molar-refractivity contribution is 7.80. The lowest BCUT2D eigenvalue weighted by atomic mass is 10.6. The van der Waals surface area contributed by atoms with Crippen molar-refractivity contribution in [2.24, 2.45) is 12.0 Å². The summed E-state index contributed by atoms with van der Waals surface area (Å²) in [7, 11) is 5.78. The van der Waals surface area contributed by atoms with Gasteiger partial charge in [0.2, 0.25) is 0 Å². The van der Waals surface area contributed by atoms with Crippen molar-refractivity contribution in [1.29, 1.82) is 0 Å². The van der Waals surface area contributed by atoms with E-state index in [-0.39, 0.29) is 0 Å². The Hall–Kier alpha value is -0.680. The molecule has 0 atom stereocenters. The largest absolute Gasteiger partial charge is 0.353 e. The van der Waals surface area contributed by atoms with Crippen LogP contribution in [-0.2, 0) is 7.05 Å². The van der Waals surface area contributed by atoms with Gasteiger partial charge in [-0.2, -0.15) is 4.99 Å². The molecular formula is C8H13N3S2. The molecule has 0 aliphatic heterocycles. The summed E-state index contributed by atoms with van der Waals surface area (Å²) in [6, 6.07) is 0. The predicted octanol–water partition coefficient (Wildman–Crippen LogP) is 1.14. The van der Waals surface area contributed by atoms with Crippen LogP contribution < -0.4 is 4.80 Å². The summed E-state index contributed by atoms with van der Waals surface area (Å²) in [5, 5.41) is 2.68. The first kappa shape index (κ1) is 10.4. The molecule has 0 aliphatic carbocycles. The number of aromatic nitrogens is 1. The van der Waals surface area contributed by atoms with Gasteiger partial charge in [0.25, 0.3) is 0 Å². The third-order valence-corrected chi connectivity index (χ3v) is 3.22. The molecular weight excluding hydrogens is 202 g/mol. The maximum Gasteiger partial charge on any atom is 0.197 e. The van der Waals surface area contributed by atoms with Crippen molar-refractivity contribution in [3.05, 3.63) is 15.9 Å². The summed E-state index contributed by atoms with van der Waals surface area (Å²) in [6.07, 6.45) is 0. The van der Waals surface area contributed by atoms with Gasteiger partial charge in [-0.15, -0.1) is 11.3 Å². The minimum absolute atomic E-state index is 0.609. The fraction of sp³-hybridized carbons (Fsp3) is 0.500. The second-order valence-electron chi connectivity index (χ2n) is 3.01. The standard InChI is InChI=1S/C8H13N3S2/c1-6-5-13-8(11(6)4)9-7(12)10(2)3/h5H,1-4H3. The van der Waals surface area contributed by atoms with Crippen LogP contribution in [0.4, 0.5) is 0 Å². The van der Waals surface area contributed by atoms with E-state index in [0.29, 0.717) is 5.11 Å². The SMILES string of the molecule is Cc1csc(=NC(=S)N(C)C)n1C. The van der Waals surface area contributed by atoms with E-state index in [0.717, 1.165) is 4.80 Å². The van der Waals surface area contributed by atoms with E-state index in [1.807, 2.05) is 37.5 Å². The van der Waals surface area contributed by atoms with Crippen LogP contribution >= 0.6 is 23.6 Å². The zero-order valence-corrected chi connectivity index (χ0v) is 9.87. The van der Waals surface area contributed by atoms with Gasteiger partial charge in [-0.05, 0) is 19.1 Å². The normalized spacial score (nSPS) is 11.8. The maximum atomic E-state index is 5.08.